The summed E-state index contributed by atoms with van der Waals surface area (Å²) in [6.45, 7) is 1.92. The standard InChI is InChI=1S/C12H12N6O/c1-7-3-4-8(5-14-7)19-11-9-10(16-6-15-9)17-12(13-2)18-11/h3-6H,1-2H3,(H2,13,15,16,17,18). The number of H-pyrrole nitrogens is 1. The minimum absolute atomic E-state index is 0.414. The molecule has 0 saturated heterocycles. The molecule has 2 N–H and O–H groups in total. The van der Waals surface area contributed by atoms with Gasteiger partial charge in [0.15, 0.2) is 5.65 Å². The Morgan fingerprint density at radius 1 is 1.21 bits per heavy atom. The molecule has 3 rings (SSSR count). The van der Waals surface area contributed by atoms with Gasteiger partial charge in [0.05, 0.1) is 12.5 Å². The fraction of sp³-hybridized carbons (Fsp3) is 0.167. The summed E-state index contributed by atoms with van der Waals surface area (Å²) in [7, 11) is 1.74. The second-order valence-corrected chi connectivity index (χ2v) is 3.94. The monoisotopic (exact) mass is 256 g/mol. The Balaban J connectivity index is 2.03. The van der Waals surface area contributed by atoms with E-state index in [4.69, 9.17) is 4.74 Å². The van der Waals surface area contributed by atoms with E-state index in [1.165, 1.54) is 0 Å². The minimum Gasteiger partial charge on any atom is -0.435 e. The smallest absolute Gasteiger partial charge is 0.250 e. The van der Waals surface area contributed by atoms with Gasteiger partial charge in [-0.05, 0) is 19.1 Å². The maximum Gasteiger partial charge on any atom is 0.250 e. The summed E-state index contributed by atoms with van der Waals surface area (Å²) < 4.78 is 5.72. The van der Waals surface area contributed by atoms with E-state index in [2.05, 4.69) is 30.2 Å². The van der Waals surface area contributed by atoms with Crippen molar-refractivity contribution in [3.63, 3.8) is 0 Å². The third-order valence-corrected chi connectivity index (χ3v) is 2.57. The van der Waals surface area contributed by atoms with Gasteiger partial charge in [0.2, 0.25) is 5.95 Å². The number of hydrogen-bond donors (Lipinski definition) is 2. The molecule has 19 heavy (non-hydrogen) atoms. The summed E-state index contributed by atoms with van der Waals surface area (Å²) in [5.41, 5.74) is 2.13. The third kappa shape index (κ3) is 2.17. The van der Waals surface area contributed by atoms with Gasteiger partial charge in [-0.3, -0.25) is 4.98 Å². The van der Waals surface area contributed by atoms with Gasteiger partial charge in [-0.15, -0.1) is 0 Å². The van der Waals surface area contributed by atoms with Crippen LogP contribution in [0, 0.1) is 6.92 Å². The topological polar surface area (TPSA) is 88.6 Å². The van der Waals surface area contributed by atoms with Crippen molar-refractivity contribution in [2.45, 2.75) is 6.92 Å². The van der Waals surface area contributed by atoms with Gasteiger partial charge in [0, 0.05) is 12.7 Å². The molecular formula is C12H12N6O. The number of imidazole rings is 1. The normalized spacial score (nSPS) is 10.6. The summed E-state index contributed by atoms with van der Waals surface area (Å²) in [4.78, 5) is 19.7. The first-order valence-corrected chi connectivity index (χ1v) is 5.75. The molecule has 0 spiro atoms. The zero-order valence-electron chi connectivity index (χ0n) is 10.5. The largest absolute Gasteiger partial charge is 0.435 e. The predicted octanol–water partition coefficient (Wildman–Crippen LogP) is 1.89. The third-order valence-electron chi connectivity index (χ3n) is 2.57. The van der Waals surface area contributed by atoms with Crippen molar-refractivity contribution in [3.05, 3.63) is 30.4 Å². The van der Waals surface area contributed by atoms with Crippen molar-refractivity contribution in [1.82, 2.24) is 24.9 Å². The highest BCUT2D eigenvalue weighted by molar-refractivity contribution is 5.77. The van der Waals surface area contributed by atoms with Crippen molar-refractivity contribution in [1.29, 1.82) is 0 Å². The number of rotatable bonds is 3. The molecule has 0 atom stereocenters. The number of nitrogens with one attached hydrogen (secondary N) is 2. The van der Waals surface area contributed by atoms with Gasteiger partial charge in [-0.2, -0.15) is 9.97 Å². The number of ether oxygens (including phenoxy) is 1. The maximum absolute atomic E-state index is 5.72. The van der Waals surface area contributed by atoms with Gasteiger partial charge < -0.3 is 15.0 Å². The van der Waals surface area contributed by atoms with Gasteiger partial charge in [-0.1, -0.05) is 0 Å². The van der Waals surface area contributed by atoms with E-state index in [1.807, 2.05) is 19.1 Å². The van der Waals surface area contributed by atoms with E-state index in [1.54, 1.807) is 19.6 Å². The number of fused-ring (bicyclic) bond motifs is 1. The van der Waals surface area contributed by atoms with Crippen LogP contribution in [-0.2, 0) is 0 Å². The quantitative estimate of drug-likeness (QED) is 0.744. The first-order valence-electron chi connectivity index (χ1n) is 5.75. The Bertz CT molecular complexity index is 706. The number of anilines is 1. The summed E-state index contributed by atoms with van der Waals surface area (Å²) in [6.07, 6.45) is 3.21. The minimum atomic E-state index is 0.414. The van der Waals surface area contributed by atoms with Crippen molar-refractivity contribution < 1.29 is 4.74 Å². The molecule has 0 radical (unpaired) electrons. The van der Waals surface area contributed by atoms with E-state index in [0.29, 0.717) is 28.7 Å². The molecule has 0 fully saturated rings. The number of nitrogens with zero attached hydrogens (tertiary/aromatic N) is 4. The van der Waals surface area contributed by atoms with Crippen molar-refractivity contribution in [2.75, 3.05) is 12.4 Å². The van der Waals surface area contributed by atoms with Crippen LogP contribution in [0.15, 0.2) is 24.7 Å². The molecule has 0 unspecified atom stereocenters. The number of pyridine rings is 1. The van der Waals surface area contributed by atoms with E-state index in [-0.39, 0.29) is 0 Å². The number of hydrogen-bond acceptors (Lipinski definition) is 6. The van der Waals surface area contributed by atoms with Crippen LogP contribution in [0.5, 0.6) is 11.6 Å². The molecule has 0 aliphatic heterocycles. The van der Waals surface area contributed by atoms with Crippen LogP contribution in [0.1, 0.15) is 5.69 Å². The lowest BCUT2D eigenvalue weighted by Crippen LogP contribution is -1.99. The van der Waals surface area contributed by atoms with E-state index in [0.717, 1.165) is 5.69 Å². The van der Waals surface area contributed by atoms with Crippen molar-refractivity contribution in [3.8, 4) is 11.6 Å². The van der Waals surface area contributed by atoms with Crippen LogP contribution in [0.4, 0.5) is 5.95 Å². The second kappa shape index (κ2) is 4.52. The molecule has 0 amide bonds. The summed E-state index contributed by atoms with van der Waals surface area (Å²) in [5, 5.41) is 2.87. The Labute approximate surface area is 109 Å². The zero-order chi connectivity index (χ0) is 13.2. The Kier molecular flexibility index (Phi) is 2.71. The molecule has 3 heterocycles. The lowest BCUT2D eigenvalue weighted by atomic mass is 10.4. The average Bonchev–Trinajstić information content (AvgIpc) is 2.89. The number of aromatic amines is 1. The first kappa shape index (κ1) is 11.4. The Hall–Kier alpha value is -2.70. The molecule has 3 aromatic heterocycles. The molecule has 0 aromatic carbocycles. The Morgan fingerprint density at radius 2 is 2.11 bits per heavy atom. The first-order chi connectivity index (χ1) is 9.26. The molecule has 3 aromatic rings. The summed E-state index contributed by atoms with van der Waals surface area (Å²) in [6, 6.07) is 3.71. The summed E-state index contributed by atoms with van der Waals surface area (Å²) >= 11 is 0. The van der Waals surface area contributed by atoms with Crippen LogP contribution in [0.2, 0.25) is 0 Å². The molecule has 7 nitrogen and oxygen atoms in total. The molecule has 0 aliphatic rings. The molecule has 0 aliphatic carbocycles. The second-order valence-electron chi connectivity index (χ2n) is 3.94. The average molecular weight is 256 g/mol. The lowest BCUT2D eigenvalue weighted by Gasteiger charge is -2.06. The van der Waals surface area contributed by atoms with Crippen molar-refractivity contribution >= 4 is 17.1 Å². The molecule has 7 heteroatoms. The van der Waals surface area contributed by atoms with E-state index in [9.17, 15) is 0 Å². The van der Waals surface area contributed by atoms with E-state index >= 15 is 0 Å². The predicted molar refractivity (Wildman–Crippen MR) is 70.3 cm³/mol. The fourth-order valence-electron chi connectivity index (χ4n) is 1.62. The fourth-order valence-corrected chi connectivity index (χ4v) is 1.62. The van der Waals surface area contributed by atoms with Crippen LogP contribution < -0.4 is 10.1 Å². The molecule has 96 valence electrons. The lowest BCUT2D eigenvalue weighted by molar-refractivity contribution is 0.465. The Morgan fingerprint density at radius 3 is 2.84 bits per heavy atom. The van der Waals surface area contributed by atoms with Crippen LogP contribution in [0.25, 0.3) is 11.2 Å². The van der Waals surface area contributed by atoms with Crippen LogP contribution in [-0.4, -0.2) is 32.0 Å². The zero-order valence-corrected chi connectivity index (χ0v) is 10.5. The van der Waals surface area contributed by atoms with Crippen LogP contribution in [0.3, 0.4) is 0 Å². The highest BCUT2D eigenvalue weighted by atomic mass is 16.5. The van der Waals surface area contributed by atoms with Crippen LogP contribution >= 0.6 is 0 Å². The SMILES string of the molecule is CNc1nc(Oc2ccc(C)nc2)c2[nH]cnc2n1. The number of aromatic nitrogens is 5. The number of aryl methyl sites for hydroxylation is 1. The van der Waals surface area contributed by atoms with E-state index < -0.39 is 0 Å². The molecule has 0 bridgehead atoms. The van der Waals surface area contributed by atoms with Gasteiger partial charge in [0.25, 0.3) is 5.88 Å². The van der Waals surface area contributed by atoms with Gasteiger partial charge in [0.1, 0.15) is 11.3 Å². The van der Waals surface area contributed by atoms with Crippen molar-refractivity contribution in [2.24, 2.45) is 0 Å². The highest BCUT2D eigenvalue weighted by Gasteiger charge is 2.11. The summed E-state index contributed by atoms with van der Waals surface area (Å²) in [5.74, 6) is 1.48. The maximum atomic E-state index is 5.72. The van der Waals surface area contributed by atoms with Gasteiger partial charge >= 0.3 is 0 Å². The molecule has 0 saturated carbocycles. The van der Waals surface area contributed by atoms with Gasteiger partial charge in [-0.25, -0.2) is 4.98 Å². The molecular weight excluding hydrogens is 244 g/mol. The highest BCUT2D eigenvalue weighted by Crippen LogP contribution is 2.25.